The number of rotatable bonds is 4. The van der Waals surface area contributed by atoms with E-state index in [0.29, 0.717) is 6.42 Å². The highest BCUT2D eigenvalue weighted by molar-refractivity contribution is 7.99. The molecule has 2 heteroatoms. The molecule has 0 bridgehead atoms. The van der Waals surface area contributed by atoms with E-state index in [0.717, 1.165) is 12.0 Å². The van der Waals surface area contributed by atoms with Crippen LogP contribution in [0.15, 0.2) is 47.4 Å². The lowest BCUT2D eigenvalue weighted by Crippen LogP contribution is -1.80. The molecule has 76 valence electrons. The van der Waals surface area contributed by atoms with Crippen LogP contribution in [0, 0.1) is 0 Å². The quantitative estimate of drug-likeness (QED) is 0.442. The molecule has 0 aliphatic heterocycles. The van der Waals surface area contributed by atoms with Gasteiger partial charge in [0.25, 0.3) is 0 Å². The fraction of sp³-hybridized carbons (Fsp3) is 0.154. The number of carbonyl (C=O) groups excluding carboxylic acids is 1. The number of carbonyl (C=O) groups is 1. The Balaban J connectivity index is 2.19. The summed E-state index contributed by atoms with van der Waals surface area (Å²) in [7, 11) is 0. The summed E-state index contributed by atoms with van der Waals surface area (Å²) in [5.74, 6) is 0.863. The average molecular weight is 216 g/mol. The first-order valence-corrected chi connectivity index (χ1v) is 5.94. The van der Waals surface area contributed by atoms with E-state index in [4.69, 9.17) is 0 Å². The zero-order valence-corrected chi connectivity index (χ0v) is 9.17. The van der Waals surface area contributed by atoms with Crippen molar-refractivity contribution in [1.82, 2.24) is 0 Å². The van der Waals surface area contributed by atoms with Crippen LogP contribution in [0.3, 0.4) is 0 Å². The molecule has 0 unspecified atom stereocenters. The fourth-order valence-corrected chi connectivity index (χ4v) is 2.31. The lowest BCUT2D eigenvalue weighted by molar-refractivity contribution is -0.107. The summed E-state index contributed by atoms with van der Waals surface area (Å²) >= 11 is 1.73. The second-order valence-corrected chi connectivity index (χ2v) is 4.48. The van der Waals surface area contributed by atoms with Crippen molar-refractivity contribution in [3.05, 3.63) is 42.5 Å². The molecule has 0 amide bonds. The smallest absolute Gasteiger partial charge is 0.120 e. The van der Waals surface area contributed by atoms with Crippen LogP contribution in [-0.2, 0) is 4.79 Å². The molecule has 0 aliphatic rings. The van der Waals surface area contributed by atoms with Gasteiger partial charge in [-0.25, -0.2) is 0 Å². The lowest BCUT2D eigenvalue weighted by Gasteiger charge is -2.01. The maximum atomic E-state index is 10.2. The zero-order valence-electron chi connectivity index (χ0n) is 8.35. The Morgan fingerprint density at radius 1 is 1.07 bits per heavy atom. The van der Waals surface area contributed by atoms with Gasteiger partial charge in [0.1, 0.15) is 6.29 Å². The van der Waals surface area contributed by atoms with Crippen molar-refractivity contribution in [2.24, 2.45) is 0 Å². The predicted molar refractivity (Wildman–Crippen MR) is 65.4 cm³/mol. The van der Waals surface area contributed by atoms with Crippen LogP contribution in [0.4, 0.5) is 0 Å². The van der Waals surface area contributed by atoms with Gasteiger partial charge in [-0.15, -0.1) is 11.8 Å². The average Bonchev–Trinajstić information content (AvgIpc) is 2.29. The van der Waals surface area contributed by atoms with E-state index in [-0.39, 0.29) is 0 Å². The molecule has 2 aromatic carbocycles. The summed E-state index contributed by atoms with van der Waals surface area (Å²) in [5.41, 5.74) is 0. The summed E-state index contributed by atoms with van der Waals surface area (Å²) in [4.78, 5) is 11.4. The van der Waals surface area contributed by atoms with Crippen molar-refractivity contribution in [3.8, 4) is 0 Å². The van der Waals surface area contributed by atoms with E-state index in [2.05, 4.69) is 30.3 Å². The Morgan fingerprint density at radius 3 is 2.67 bits per heavy atom. The number of thioether (sulfide) groups is 1. The summed E-state index contributed by atoms with van der Waals surface area (Å²) in [5, 5.41) is 2.52. The zero-order chi connectivity index (χ0) is 10.5. The number of hydrogen-bond donors (Lipinski definition) is 0. The van der Waals surface area contributed by atoms with Crippen LogP contribution < -0.4 is 0 Å². The highest BCUT2D eigenvalue weighted by Gasteiger charge is 1.96. The van der Waals surface area contributed by atoms with E-state index in [9.17, 15) is 4.79 Å². The van der Waals surface area contributed by atoms with Crippen molar-refractivity contribution < 1.29 is 4.79 Å². The molecule has 0 aromatic heterocycles. The van der Waals surface area contributed by atoms with Crippen LogP contribution >= 0.6 is 11.8 Å². The molecule has 2 aromatic rings. The minimum absolute atomic E-state index is 0.623. The van der Waals surface area contributed by atoms with Gasteiger partial charge in [-0.05, 0) is 22.9 Å². The molecule has 2 rings (SSSR count). The third kappa shape index (κ3) is 2.60. The molecule has 0 atom stereocenters. The van der Waals surface area contributed by atoms with Gasteiger partial charge in [0.2, 0.25) is 0 Å². The number of benzene rings is 2. The van der Waals surface area contributed by atoms with Gasteiger partial charge in [-0.1, -0.05) is 30.3 Å². The lowest BCUT2D eigenvalue weighted by atomic mass is 10.1. The van der Waals surface area contributed by atoms with E-state index >= 15 is 0 Å². The molecule has 0 radical (unpaired) electrons. The summed E-state index contributed by atoms with van der Waals surface area (Å²) < 4.78 is 0. The molecule has 15 heavy (non-hydrogen) atoms. The monoisotopic (exact) mass is 216 g/mol. The van der Waals surface area contributed by atoms with Crippen LogP contribution in [-0.4, -0.2) is 12.0 Å². The molecule has 0 saturated heterocycles. The second-order valence-electron chi connectivity index (χ2n) is 3.31. The van der Waals surface area contributed by atoms with E-state index in [1.807, 2.05) is 12.1 Å². The predicted octanol–water partition coefficient (Wildman–Crippen LogP) is 3.52. The van der Waals surface area contributed by atoms with Gasteiger partial charge >= 0.3 is 0 Å². The maximum absolute atomic E-state index is 10.2. The fourth-order valence-electron chi connectivity index (χ4n) is 1.48. The van der Waals surface area contributed by atoms with Gasteiger partial charge in [0.05, 0.1) is 0 Å². The molecule has 0 N–H and O–H groups in total. The van der Waals surface area contributed by atoms with Gasteiger partial charge < -0.3 is 4.79 Å². The minimum Gasteiger partial charge on any atom is -0.303 e. The Kier molecular flexibility index (Phi) is 3.41. The molecular weight excluding hydrogens is 204 g/mol. The van der Waals surface area contributed by atoms with E-state index in [1.165, 1.54) is 15.7 Å². The van der Waals surface area contributed by atoms with Crippen LogP contribution in [0.25, 0.3) is 10.8 Å². The molecule has 1 nitrogen and oxygen atoms in total. The third-order valence-electron chi connectivity index (χ3n) is 2.23. The Bertz CT molecular complexity index is 465. The Hall–Kier alpha value is -1.28. The van der Waals surface area contributed by atoms with E-state index in [1.54, 1.807) is 11.8 Å². The first-order valence-electron chi connectivity index (χ1n) is 4.95. The van der Waals surface area contributed by atoms with Gasteiger partial charge in [-0.2, -0.15) is 0 Å². The normalized spacial score (nSPS) is 10.4. The Labute approximate surface area is 93.5 Å². The SMILES string of the molecule is O=CCCSc1ccc2ccccc2c1. The van der Waals surface area contributed by atoms with Crippen LogP contribution in [0.1, 0.15) is 6.42 Å². The van der Waals surface area contributed by atoms with Crippen molar-refractivity contribution in [2.45, 2.75) is 11.3 Å². The highest BCUT2D eigenvalue weighted by atomic mass is 32.2. The van der Waals surface area contributed by atoms with Crippen molar-refractivity contribution in [3.63, 3.8) is 0 Å². The molecular formula is C13H12OS. The van der Waals surface area contributed by atoms with Crippen molar-refractivity contribution in [1.29, 1.82) is 0 Å². The molecule has 0 aliphatic carbocycles. The van der Waals surface area contributed by atoms with Crippen LogP contribution in [0.5, 0.6) is 0 Å². The summed E-state index contributed by atoms with van der Waals surface area (Å²) in [6, 6.07) is 14.7. The van der Waals surface area contributed by atoms with Gasteiger partial charge in [-0.3, -0.25) is 0 Å². The van der Waals surface area contributed by atoms with Gasteiger partial charge in [0.15, 0.2) is 0 Å². The molecule has 0 saturated carbocycles. The topological polar surface area (TPSA) is 17.1 Å². The number of hydrogen-bond acceptors (Lipinski definition) is 2. The third-order valence-corrected chi connectivity index (χ3v) is 3.25. The van der Waals surface area contributed by atoms with Gasteiger partial charge in [0, 0.05) is 17.1 Å². The molecule has 0 fully saturated rings. The largest absolute Gasteiger partial charge is 0.303 e. The van der Waals surface area contributed by atoms with Crippen LogP contribution in [0.2, 0.25) is 0 Å². The summed E-state index contributed by atoms with van der Waals surface area (Å²) in [6.45, 7) is 0. The summed E-state index contributed by atoms with van der Waals surface area (Å²) in [6.07, 6.45) is 1.59. The van der Waals surface area contributed by atoms with Crippen molar-refractivity contribution in [2.75, 3.05) is 5.75 Å². The standard InChI is InChI=1S/C13H12OS/c14-8-3-9-15-13-7-6-11-4-1-2-5-12(11)10-13/h1-2,4-8,10H,3,9H2. The first kappa shape index (κ1) is 10.2. The maximum Gasteiger partial charge on any atom is 0.120 e. The number of fused-ring (bicyclic) bond motifs is 1. The molecule has 0 heterocycles. The number of aldehydes is 1. The van der Waals surface area contributed by atoms with E-state index < -0.39 is 0 Å². The second kappa shape index (κ2) is 4.99. The minimum atomic E-state index is 0.623. The molecule has 0 spiro atoms. The van der Waals surface area contributed by atoms with Crippen molar-refractivity contribution >= 4 is 28.8 Å². The highest BCUT2D eigenvalue weighted by Crippen LogP contribution is 2.23. The first-order chi connectivity index (χ1) is 7.40. The Morgan fingerprint density at radius 2 is 1.87 bits per heavy atom.